The highest BCUT2D eigenvalue weighted by Gasteiger charge is 2.32. The monoisotopic (exact) mass is 247 g/mol. The average molecular weight is 248 g/mol. The van der Waals surface area contributed by atoms with Gasteiger partial charge >= 0.3 is 0 Å². The first-order chi connectivity index (χ1) is 7.22. The molecular formula is C11H22ClN3O. The van der Waals surface area contributed by atoms with E-state index < -0.39 is 0 Å². The average Bonchev–Trinajstić information content (AvgIpc) is 2.99. The molecule has 1 saturated heterocycles. The fourth-order valence-electron chi connectivity index (χ4n) is 2.32. The van der Waals surface area contributed by atoms with E-state index in [-0.39, 0.29) is 18.3 Å². The molecule has 0 spiro atoms. The molecule has 5 heteroatoms. The van der Waals surface area contributed by atoms with Crippen LogP contribution in [-0.2, 0) is 4.79 Å². The Morgan fingerprint density at radius 1 is 1.44 bits per heavy atom. The van der Waals surface area contributed by atoms with Gasteiger partial charge in [0, 0.05) is 25.7 Å². The molecule has 1 atom stereocenters. The predicted octanol–water partition coefficient (Wildman–Crippen LogP) is 0.452. The van der Waals surface area contributed by atoms with Crippen molar-refractivity contribution in [2.24, 2.45) is 5.73 Å². The molecule has 1 amide bonds. The van der Waals surface area contributed by atoms with Crippen LogP contribution in [0, 0.1) is 0 Å². The number of nitrogens with zero attached hydrogens (tertiary/aromatic N) is 2. The quantitative estimate of drug-likeness (QED) is 0.785. The molecule has 2 N–H and O–H groups in total. The fraction of sp³-hybridized carbons (Fsp3) is 0.909. The molecule has 2 fully saturated rings. The van der Waals surface area contributed by atoms with Crippen molar-refractivity contribution in [3.63, 3.8) is 0 Å². The van der Waals surface area contributed by atoms with Gasteiger partial charge in [0.15, 0.2) is 0 Å². The number of rotatable bonds is 4. The summed E-state index contributed by atoms with van der Waals surface area (Å²) in [5.74, 6) is 0.262. The van der Waals surface area contributed by atoms with Crippen LogP contribution in [0.3, 0.4) is 0 Å². The highest BCUT2D eigenvalue weighted by atomic mass is 35.5. The molecule has 0 aromatic rings. The van der Waals surface area contributed by atoms with Crippen molar-refractivity contribution in [2.45, 2.75) is 37.8 Å². The number of likely N-dealkylation sites (tertiary alicyclic amines) is 1. The standard InChI is InChI=1S/C11H21N3O.ClH/c1-13(9-4-5-9)11(15)8-14-6-2-3-10(14)7-12;/h9-10H,2-8,12H2,1H3;1H. The Morgan fingerprint density at radius 2 is 2.12 bits per heavy atom. The molecule has 1 saturated carbocycles. The molecule has 2 aliphatic rings. The highest BCUT2D eigenvalue weighted by Crippen LogP contribution is 2.26. The molecular weight excluding hydrogens is 226 g/mol. The third-order valence-electron chi connectivity index (χ3n) is 3.60. The molecule has 0 aromatic carbocycles. The summed E-state index contributed by atoms with van der Waals surface area (Å²) in [6.07, 6.45) is 4.70. The summed E-state index contributed by atoms with van der Waals surface area (Å²) >= 11 is 0. The summed E-state index contributed by atoms with van der Waals surface area (Å²) in [5.41, 5.74) is 5.68. The van der Waals surface area contributed by atoms with Gasteiger partial charge in [-0.15, -0.1) is 12.4 Å². The highest BCUT2D eigenvalue weighted by molar-refractivity contribution is 5.85. The van der Waals surface area contributed by atoms with E-state index in [4.69, 9.17) is 5.73 Å². The SMILES string of the molecule is CN(C(=O)CN1CCCC1CN)C1CC1.Cl. The van der Waals surface area contributed by atoms with Crippen LogP contribution in [0.2, 0.25) is 0 Å². The van der Waals surface area contributed by atoms with Crippen LogP contribution in [0.25, 0.3) is 0 Å². The lowest BCUT2D eigenvalue weighted by Crippen LogP contribution is -2.43. The molecule has 1 heterocycles. The maximum atomic E-state index is 11.9. The first-order valence-electron chi connectivity index (χ1n) is 5.92. The first-order valence-corrected chi connectivity index (χ1v) is 5.92. The smallest absolute Gasteiger partial charge is 0.236 e. The second-order valence-corrected chi connectivity index (χ2v) is 4.74. The number of carbonyl (C=O) groups excluding carboxylic acids is 1. The summed E-state index contributed by atoms with van der Waals surface area (Å²) in [7, 11) is 1.92. The van der Waals surface area contributed by atoms with Gasteiger partial charge in [-0.3, -0.25) is 9.69 Å². The molecule has 0 aromatic heterocycles. The van der Waals surface area contributed by atoms with Gasteiger partial charge in [-0.05, 0) is 32.2 Å². The minimum atomic E-state index is 0. The van der Waals surface area contributed by atoms with Crippen LogP contribution in [0.15, 0.2) is 0 Å². The minimum Gasteiger partial charge on any atom is -0.342 e. The van der Waals surface area contributed by atoms with E-state index >= 15 is 0 Å². The number of halogens is 1. The van der Waals surface area contributed by atoms with Crippen LogP contribution in [0.4, 0.5) is 0 Å². The van der Waals surface area contributed by atoms with E-state index in [9.17, 15) is 4.79 Å². The van der Waals surface area contributed by atoms with Crippen molar-refractivity contribution in [3.8, 4) is 0 Å². The number of amides is 1. The minimum absolute atomic E-state index is 0. The Bertz CT molecular complexity index is 245. The Kier molecular flexibility index (Phi) is 5.02. The van der Waals surface area contributed by atoms with Crippen molar-refractivity contribution in [2.75, 3.05) is 26.7 Å². The van der Waals surface area contributed by atoms with Crippen molar-refractivity contribution < 1.29 is 4.79 Å². The van der Waals surface area contributed by atoms with Gasteiger partial charge in [-0.2, -0.15) is 0 Å². The summed E-state index contributed by atoms with van der Waals surface area (Å²) in [5, 5.41) is 0. The summed E-state index contributed by atoms with van der Waals surface area (Å²) in [6.45, 7) is 2.28. The van der Waals surface area contributed by atoms with E-state index in [0.29, 0.717) is 25.2 Å². The zero-order valence-corrected chi connectivity index (χ0v) is 10.7. The second kappa shape index (κ2) is 5.84. The van der Waals surface area contributed by atoms with Crippen molar-refractivity contribution in [3.05, 3.63) is 0 Å². The van der Waals surface area contributed by atoms with Crippen molar-refractivity contribution >= 4 is 18.3 Å². The van der Waals surface area contributed by atoms with Crippen LogP contribution in [-0.4, -0.2) is 54.5 Å². The molecule has 16 heavy (non-hydrogen) atoms. The number of hydrogen-bond acceptors (Lipinski definition) is 3. The first kappa shape index (κ1) is 13.7. The molecule has 94 valence electrons. The Labute approximate surface area is 104 Å². The van der Waals surface area contributed by atoms with E-state index in [1.165, 1.54) is 19.3 Å². The van der Waals surface area contributed by atoms with Gasteiger partial charge in [0.2, 0.25) is 5.91 Å². The molecule has 2 rings (SSSR count). The van der Waals surface area contributed by atoms with Crippen molar-refractivity contribution in [1.82, 2.24) is 9.80 Å². The maximum Gasteiger partial charge on any atom is 0.236 e. The topological polar surface area (TPSA) is 49.6 Å². The zero-order chi connectivity index (χ0) is 10.8. The van der Waals surface area contributed by atoms with Crippen LogP contribution in [0.1, 0.15) is 25.7 Å². The maximum absolute atomic E-state index is 11.9. The lowest BCUT2D eigenvalue weighted by molar-refractivity contribution is -0.131. The summed E-state index contributed by atoms with van der Waals surface area (Å²) in [6, 6.07) is 0.956. The molecule has 0 bridgehead atoms. The zero-order valence-electron chi connectivity index (χ0n) is 9.89. The Balaban J connectivity index is 0.00000128. The molecule has 1 aliphatic heterocycles. The summed E-state index contributed by atoms with van der Waals surface area (Å²) < 4.78 is 0. The molecule has 1 aliphatic carbocycles. The molecule has 4 nitrogen and oxygen atoms in total. The number of likely N-dealkylation sites (N-methyl/N-ethyl adjacent to an activating group) is 1. The van der Waals surface area contributed by atoms with Crippen LogP contribution < -0.4 is 5.73 Å². The van der Waals surface area contributed by atoms with Gasteiger partial charge in [-0.25, -0.2) is 0 Å². The van der Waals surface area contributed by atoms with Gasteiger partial charge in [0.1, 0.15) is 0 Å². The number of nitrogens with two attached hydrogens (primary N) is 1. The molecule has 1 unspecified atom stereocenters. The summed E-state index contributed by atoms with van der Waals surface area (Å²) in [4.78, 5) is 16.0. The Hall–Kier alpha value is -0.320. The van der Waals surface area contributed by atoms with Gasteiger partial charge in [0.25, 0.3) is 0 Å². The van der Waals surface area contributed by atoms with E-state index in [1.54, 1.807) is 0 Å². The van der Waals surface area contributed by atoms with Crippen molar-refractivity contribution in [1.29, 1.82) is 0 Å². The number of hydrogen-bond donors (Lipinski definition) is 1. The predicted molar refractivity (Wildman–Crippen MR) is 66.7 cm³/mol. The van der Waals surface area contributed by atoms with E-state index in [0.717, 1.165) is 13.0 Å². The van der Waals surface area contributed by atoms with Gasteiger partial charge < -0.3 is 10.6 Å². The van der Waals surface area contributed by atoms with Crippen LogP contribution >= 0.6 is 12.4 Å². The number of carbonyl (C=O) groups is 1. The van der Waals surface area contributed by atoms with Crippen LogP contribution in [0.5, 0.6) is 0 Å². The lowest BCUT2D eigenvalue weighted by Gasteiger charge is -2.25. The van der Waals surface area contributed by atoms with Gasteiger partial charge in [0.05, 0.1) is 6.54 Å². The third-order valence-corrected chi connectivity index (χ3v) is 3.60. The second-order valence-electron chi connectivity index (χ2n) is 4.74. The largest absolute Gasteiger partial charge is 0.342 e. The fourth-order valence-corrected chi connectivity index (χ4v) is 2.32. The molecule has 0 radical (unpaired) electrons. The Morgan fingerprint density at radius 3 is 2.69 bits per heavy atom. The normalized spacial score (nSPS) is 25.2. The van der Waals surface area contributed by atoms with E-state index in [1.807, 2.05) is 11.9 Å². The lowest BCUT2D eigenvalue weighted by atomic mass is 10.2. The van der Waals surface area contributed by atoms with Gasteiger partial charge in [-0.1, -0.05) is 0 Å². The van der Waals surface area contributed by atoms with E-state index in [2.05, 4.69) is 4.90 Å². The third kappa shape index (κ3) is 3.09.